The standard InChI is InChI=1S/Cu.N2O4.2NO3/c;3-1(4)2(5)6;2*2-1(3)4/q+2;;2*-1. The minimum atomic E-state index is -1.75. The van der Waals surface area contributed by atoms with Crippen molar-refractivity contribution in [2.45, 2.75) is 0 Å². The largest absolute Gasteiger partial charge is 2.00 e. The van der Waals surface area contributed by atoms with Gasteiger partial charge in [0.2, 0.25) is 0 Å². The Labute approximate surface area is 89.1 Å². The Morgan fingerprint density at radius 1 is 0.533 bits per heavy atom. The topological polar surface area (TPSA) is 219 Å². The summed E-state index contributed by atoms with van der Waals surface area (Å²) in [5.41, 5.74) is 0. The van der Waals surface area contributed by atoms with Crippen LogP contribution in [0.2, 0.25) is 0 Å². The second-order valence-electron chi connectivity index (χ2n) is 0.923. The van der Waals surface area contributed by atoms with E-state index in [0.717, 1.165) is 0 Å². The zero-order valence-corrected chi connectivity index (χ0v) is 7.11. The van der Waals surface area contributed by atoms with E-state index in [1.165, 1.54) is 0 Å². The van der Waals surface area contributed by atoms with Gasteiger partial charge in [-0.15, -0.1) is 0 Å². The Morgan fingerprint density at radius 2 is 0.600 bits per heavy atom. The van der Waals surface area contributed by atoms with Gasteiger partial charge in [-0.25, -0.2) is 0 Å². The third-order valence-corrected chi connectivity index (χ3v) is 0.133. The van der Waals surface area contributed by atoms with Crippen LogP contribution in [0.25, 0.3) is 0 Å². The van der Waals surface area contributed by atoms with Gasteiger partial charge in [0.15, 0.2) is 0 Å². The third-order valence-electron chi connectivity index (χ3n) is 0.133. The fourth-order valence-electron chi connectivity index (χ4n) is 0. The first kappa shape index (κ1) is 23.0. The molecule has 0 aliphatic heterocycles. The predicted molar refractivity (Wildman–Crippen MR) is 34.7 cm³/mol. The summed E-state index contributed by atoms with van der Waals surface area (Å²) in [5.74, 6) is 0. The summed E-state index contributed by atoms with van der Waals surface area (Å²) in [5, 5.41) is 43.9. The number of hydrogen-bond donors (Lipinski definition) is 0. The molecule has 0 heterocycles. The van der Waals surface area contributed by atoms with Gasteiger partial charge in [-0.3, -0.25) is 0 Å². The summed E-state index contributed by atoms with van der Waals surface area (Å²) in [4.78, 5) is 34.1. The summed E-state index contributed by atoms with van der Waals surface area (Å²) in [7, 11) is 0. The van der Waals surface area contributed by atoms with Crippen molar-refractivity contribution in [3.8, 4) is 0 Å². The fourth-order valence-corrected chi connectivity index (χ4v) is 0. The van der Waals surface area contributed by atoms with Gasteiger partial charge < -0.3 is 30.6 Å². The van der Waals surface area contributed by atoms with Crippen molar-refractivity contribution in [2.75, 3.05) is 0 Å². The van der Waals surface area contributed by atoms with Crippen LogP contribution in [0.15, 0.2) is 0 Å². The molecule has 0 saturated heterocycles. The molecule has 14 nitrogen and oxygen atoms in total. The molecule has 0 unspecified atom stereocenters. The van der Waals surface area contributed by atoms with Crippen LogP contribution < -0.4 is 0 Å². The van der Waals surface area contributed by atoms with Crippen LogP contribution in [-0.2, 0) is 17.1 Å². The summed E-state index contributed by atoms with van der Waals surface area (Å²) in [6.45, 7) is 0. The molecule has 1 radical (unpaired) electrons. The van der Waals surface area contributed by atoms with E-state index in [4.69, 9.17) is 50.9 Å². The smallest absolute Gasteiger partial charge is 0.356 e. The Morgan fingerprint density at radius 3 is 0.600 bits per heavy atom. The zero-order valence-electron chi connectivity index (χ0n) is 6.17. The van der Waals surface area contributed by atoms with E-state index < -0.39 is 20.2 Å². The van der Waals surface area contributed by atoms with Crippen molar-refractivity contribution >= 4 is 0 Å². The number of rotatable bonds is 1. The first-order chi connectivity index (χ1) is 6.11. The molecule has 0 spiro atoms. The van der Waals surface area contributed by atoms with Gasteiger partial charge in [-0.1, -0.05) is 0 Å². The summed E-state index contributed by atoms with van der Waals surface area (Å²) in [6, 6.07) is 0. The second-order valence-corrected chi connectivity index (χ2v) is 0.923. The maximum absolute atomic E-state index is 8.81. The van der Waals surface area contributed by atoms with Gasteiger partial charge in [0.1, 0.15) is 0 Å². The van der Waals surface area contributed by atoms with Gasteiger partial charge in [0.05, 0.1) is 10.2 Å². The SMILES string of the molecule is O=[N+]([O-])[N+](=O)[O-].O=[N+]([O-])[O-].O=[N+]([O-])[O-].[Cu+2]. The summed E-state index contributed by atoms with van der Waals surface area (Å²) >= 11 is 0. The molecule has 0 aromatic rings. The molecule has 91 valence electrons. The van der Waals surface area contributed by atoms with Crippen LogP contribution in [0, 0.1) is 50.9 Å². The van der Waals surface area contributed by atoms with Crippen LogP contribution in [0.4, 0.5) is 0 Å². The predicted octanol–water partition coefficient (Wildman–Crippen LogP) is -1.03. The van der Waals surface area contributed by atoms with Crippen molar-refractivity contribution in [1.82, 2.24) is 0 Å². The first-order valence-electron chi connectivity index (χ1n) is 2.03. The van der Waals surface area contributed by atoms with E-state index in [-0.39, 0.29) is 17.1 Å². The van der Waals surface area contributed by atoms with Crippen LogP contribution in [0.5, 0.6) is 0 Å². The molecular weight excluding hydrogens is 280 g/mol. The van der Waals surface area contributed by atoms with Gasteiger partial charge in [0, 0.05) is 0 Å². The van der Waals surface area contributed by atoms with E-state index in [1.807, 2.05) is 0 Å². The molecule has 0 saturated carbocycles. The quantitative estimate of drug-likeness (QED) is 0.322. The van der Waals surface area contributed by atoms with Crippen LogP contribution >= 0.6 is 0 Å². The van der Waals surface area contributed by atoms with Crippen molar-refractivity contribution in [1.29, 1.82) is 0 Å². The van der Waals surface area contributed by atoms with Crippen LogP contribution in [-0.4, -0.2) is 20.2 Å². The maximum Gasteiger partial charge on any atom is 2.00 e. The molecule has 0 atom stereocenters. The number of hydrogen-bond acceptors (Lipinski definition) is 10. The summed E-state index contributed by atoms with van der Waals surface area (Å²) < 4.78 is 0. The molecule has 0 bridgehead atoms. The molecule has 0 aromatic carbocycles. The van der Waals surface area contributed by atoms with Crippen LogP contribution in [0.1, 0.15) is 0 Å². The maximum atomic E-state index is 8.81. The zero-order chi connectivity index (χ0) is 12.3. The Bertz CT molecular complexity index is 189. The van der Waals surface area contributed by atoms with E-state index in [9.17, 15) is 0 Å². The molecule has 0 fully saturated rings. The number of hydrazine groups is 1. The Hall–Kier alpha value is -2.28. The van der Waals surface area contributed by atoms with Gasteiger partial charge in [-0.2, -0.15) is 20.2 Å². The van der Waals surface area contributed by atoms with E-state index in [2.05, 4.69) is 0 Å². The number of nitro groups is 1. The Balaban J connectivity index is -0.0000000606. The second kappa shape index (κ2) is 14.3. The van der Waals surface area contributed by atoms with Gasteiger partial charge in [-0.05, 0) is 0 Å². The van der Waals surface area contributed by atoms with E-state index >= 15 is 0 Å². The molecule has 0 aliphatic rings. The van der Waals surface area contributed by atoms with E-state index in [1.54, 1.807) is 0 Å². The Kier molecular flexibility index (Phi) is 21.8. The first-order valence-corrected chi connectivity index (χ1v) is 2.03. The molecular formula is CuN4O10. The average Bonchev–Trinajstić information content (AvgIpc) is 1.83. The van der Waals surface area contributed by atoms with Gasteiger partial charge >= 0.3 is 27.1 Å². The number of nitrogens with zero attached hydrogens (tertiary/aromatic N) is 4. The van der Waals surface area contributed by atoms with Gasteiger partial charge in [0.25, 0.3) is 0 Å². The molecule has 0 rings (SSSR count). The average molecular weight is 280 g/mol. The summed E-state index contributed by atoms with van der Waals surface area (Å²) in [6.07, 6.45) is 0. The molecule has 0 N–H and O–H groups in total. The van der Waals surface area contributed by atoms with Crippen molar-refractivity contribution in [2.24, 2.45) is 0 Å². The minimum absolute atomic E-state index is 0. The fraction of sp³-hybridized carbons (Fsp3) is 0. The molecule has 15 heteroatoms. The van der Waals surface area contributed by atoms with Crippen LogP contribution in [0.3, 0.4) is 0 Å². The molecule has 15 heavy (non-hydrogen) atoms. The normalized spacial score (nSPS) is 6.13. The third kappa shape index (κ3) is 374. The minimum Gasteiger partial charge on any atom is -0.356 e. The molecule has 0 aromatic heterocycles. The van der Waals surface area contributed by atoms with E-state index in [0.29, 0.717) is 0 Å². The van der Waals surface area contributed by atoms with Crippen molar-refractivity contribution < 1.29 is 37.3 Å². The molecule has 0 aliphatic carbocycles. The van der Waals surface area contributed by atoms with Crippen molar-refractivity contribution in [3.05, 3.63) is 50.9 Å². The van der Waals surface area contributed by atoms with Crippen molar-refractivity contribution in [3.63, 3.8) is 0 Å². The monoisotopic (exact) mass is 279 g/mol. The molecule has 0 amide bonds.